The summed E-state index contributed by atoms with van der Waals surface area (Å²) in [5.41, 5.74) is 4.92. The lowest BCUT2D eigenvalue weighted by atomic mass is 9.93. The van der Waals surface area contributed by atoms with Crippen LogP contribution in [0.4, 0.5) is 0 Å². The average molecular weight is 321 g/mol. The van der Waals surface area contributed by atoms with Crippen LogP contribution in [0.2, 0.25) is 0 Å². The predicted octanol–water partition coefficient (Wildman–Crippen LogP) is 5.33. The molecule has 0 N–H and O–H groups in total. The Labute approximate surface area is 142 Å². The van der Waals surface area contributed by atoms with E-state index in [0.717, 1.165) is 35.1 Å². The van der Waals surface area contributed by atoms with E-state index < -0.39 is 0 Å². The molecule has 0 aliphatic carbocycles. The van der Waals surface area contributed by atoms with Crippen LogP contribution in [0.1, 0.15) is 49.2 Å². The summed E-state index contributed by atoms with van der Waals surface area (Å²) in [4.78, 5) is 11.7. The van der Waals surface area contributed by atoms with Crippen molar-refractivity contribution in [1.29, 1.82) is 0 Å². The van der Waals surface area contributed by atoms with Gasteiger partial charge in [0.2, 0.25) is 0 Å². The van der Waals surface area contributed by atoms with Crippen LogP contribution in [0, 0.1) is 0 Å². The largest absolute Gasteiger partial charge is 0.494 e. The Hall–Kier alpha value is -2.55. The highest BCUT2D eigenvalue weighted by Gasteiger charge is 2.16. The molecule has 0 fully saturated rings. The lowest BCUT2D eigenvalue weighted by Crippen LogP contribution is -2.00. The second kappa shape index (κ2) is 6.91. The number of aromatic nitrogens is 1. The Morgan fingerprint density at radius 3 is 2.71 bits per heavy atom. The number of rotatable bonds is 6. The van der Waals surface area contributed by atoms with E-state index in [2.05, 4.69) is 26.0 Å². The first-order chi connectivity index (χ1) is 11.7. The second-order valence-corrected chi connectivity index (χ2v) is 6.05. The number of ether oxygens (including phenoxy) is 1. The average Bonchev–Trinajstić information content (AvgIpc) is 3.00. The zero-order valence-electron chi connectivity index (χ0n) is 14.5. The van der Waals surface area contributed by atoms with Crippen molar-refractivity contribution in [3.8, 4) is 16.9 Å². The zero-order chi connectivity index (χ0) is 17.1. The Kier molecular flexibility index (Phi) is 4.70. The minimum Gasteiger partial charge on any atom is -0.494 e. The second-order valence-electron chi connectivity index (χ2n) is 6.05. The van der Waals surface area contributed by atoms with E-state index >= 15 is 0 Å². The van der Waals surface area contributed by atoms with Crippen molar-refractivity contribution in [2.24, 2.45) is 0 Å². The molecule has 3 rings (SSSR count). The molecule has 2 aromatic heterocycles. The Bertz CT molecular complexity index is 863. The fraction of sp³-hybridized carbons (Fsp3) is 0.286. The number of carbonyl (C=O) groups is 1. The van der Waals surface area contributed by atoms with Crippen LogP contribution >= 0.6 is 0 Å². The van der Waals surface area contributed by atoms with E-state index in [4.69, 9.17) is 4.74 Å². The third-order valence-electron chi connectivity index (χ3n) is 4.59. The summed E-state index contributed by atoms with van der Waals surface area (Å²) in [6, 6.07) is 14.2. The van der Waals surface area contributed by atoms with Crippen molar-refractivity contribution in [1.82, 2.24) is 4.40 Å². The summed E-state index contributed by atoms with van der Waals surface area (Å²) in [6.45, 7) is 7.03. The van der Waals surface area contributed by atoms with Crippen LogP contribution in [0.15, 0.2) is 48.7 Å². The number of carbonyl (C=O) groups excluding carboxylic acids is 1. The molecule has 1 aromatic carbocycles. The van der Waals surface area contributed by atoms with E-state index in [1.54, 1.807) is 0 Å². The quantitative estimate of drug-likeness (QED) is 0.574. The predicted molar refractivity (Wildman–Crippen MR) is 98.1 cm³/mol. The number of hydrogen-bond donors (Lipinski definition) is 0. The highest BCUT2D eigenvalue weighted by molar-refractivity contribution is 5.90. The molecule has 0 spiro atoms. The van der Waals surface area contributed by atoms with E-state index in [0.29, 0.717) is 18.2 Å². The molecule has 0 saturated carbocycles. The van der Waals surface area contributed by atoms with Crippen molar-refractivity contribution in [3.63, 3.8) is 0 Å². The monoisotopic (exact) mass is 321 g/mol. The van der Waals surface area contributed by atoms with Crippen LogP contribution < -0.4 is 4.74 Å². The van der Waals surface area contributed by atoms with E-state index in [1.165, 1.54) is 5.56 Å². The maximum Gasteiger partial charge on any atom is 0.167 e. The Morgan fingerprint density at radius 2 is 2.00 bits per heavy atom. The third-order valence-corrected chi connectivity index (χ3v) is 4.59. The molecule has 3 heteroatoms. The van der Waals surface area contributed by atoms with E-state index in [1.807, 2.05) is 47.9 Å². The minimum atomic E-state index is 0.406. The first-order valence-electron chi connectivity index (χ1n) is 8.52. The van der Waals surface area contributed by atoms with Gasteiger partial charge in [-0.15, -0.1) is 0 Å². The summed E-state index contributed by atoms with van der Waals surface area (Å²) in [5.74, 6) is 1.34. The van der Waals surface area contributed by atoms with Crippen molar-refractivity contribution >= 4 is 11.8 Å². The number of fused-ring (bicyclic) bond motifs is 1. The molecule has 0 amide bonds. The van der Waals surface area contributed by atoms with Gasteiger partial charge in [0.1, 0.15) is 5.75 Å². The lowest BCUT2D eigenvalue weighted by Gasteiger charge is -2.16. The molecule has 0 aliphatic heterocycles. The number of benzene rings is 1. The Morgan fingerprint density at radius 1 is 1.17 bits per heavy atom. The molecule has 3 nitrogen and oxygen atoms in total. The first kappa shape index (κ1) is 16.3. The fourth-order valence-electron chi connectivity index (χ4n) is 3.10. The van der Waals surface area contributed by atoms with Crippen molar-refractivity contribution in [2.45, 2.75) is 33.1 Å². The minimum absolute atomic E-state index is 0.406. The zero-order valence-corrected chi connectivity index (χ0v) is 14.5. The van der Waals surface area contributed by atoms with Gasteiger partial charge >= 0.3 is 0 Å². The Balaban J connectivity index is 2.17. The molecule has 24 heavy (non-hydrogen) atoms. The van der Waals surface area contributed by atoms with Crippen LogP contribution in [0.3, 0.4) is 0 Å². The smallest absolute Gasteiger partial charge is 0.167 e. The molecule has 0 radical (unpaired) electrons. The van der Waals surface area contributed by atoms with Crippen LogP contribution in [-0.4, -0.2) is 17.3 Å². The van der Waals surface area contributed by atoms with Gasteiger partial charge < -0.3 is 9.14 Å². The SMILES string of the molecule is CCOc1ccc(-c2cc3ccccn3c2C=O)cc1C(C)CC. The van der Waals surface area contributed by atoms with Gasteiger partial charge in [-0.05, 0) is 60.7 Å². The maximum absolute atomic E-state index is 11.7. The standard InChI is InChI=1S/C21H23NO2/c1-4-15(3)18-12-16(9-10-21(18)24-5-2)19-13-17-8-6-7-11-22(17)20(19)14-23/h6-15H,4-5H2,1-3H3. The molecule has 2 heterocycles. The number of aldehydes is 1. The van der Waals surface area contributed by atoms with E-state index in [9.17, 15) is 4.79 Å². The number of hydrogen-bond acceptors (Lipinski definition) is 2. The van der Waals surface area contributed by atoms with Crippen molar-refractivity contribution in [3.05, 3.63) is 59.9 Å². The fourth-order valence-corrected chi connectivity index (χ4v) is 3.10. The molecule has 0 saturated heterocycles. The molecule has 1 unspecified atom stereocenters. The molecular weight excluding hydrogens is 298 g/mol. The van der Waals surface area contributed by atoms with Gasteiger partial charge in [-0.1, -0.05) is 26.0 Å². The lowest BCUT2D eigenvalue weighted by molar-refractivity contribution is 0.111. The van der Waals surface area contributed by atoms with Crippen LogP contribution in [0.25, 0.3) is 16.6 Å². The van der Waals surface area contributed by atoms with Gasteiger partial charge in [-0.2, -0.15) is 0 Å². The van der Waals surface area contributed by atoms with Crippen LogP contribution in [0.5, 0.6) is 5.75 Å². The molecule has 1 atom stereocenters. The van der Waals surface area contributed by atoms with Gasteiger partial charge in [-0.25, -0.2) is 0 Å². The van der Waals surface area contributed by atoms with Crippen molar-refractivity contribution in [2.75, 3.05) is 6.61 Å². The highest BCUT2D eigenvalue weighted by atomic mass is 16.5. The van der Waals surface area contributed by atoms with Crippen LogP contribution in [-0.2, 0) is 0 Å². The maximum atomic E-state index is 11.7. The molecule has 0 bridgehead atoms. The first-order valence-corrected chi connectivity index (χ1v) is 8.52. The number of pyridine rings is 1. The summed E-state index contributed by atoms with van der Waals surface area (Å²) in [5, 5.41) is 0. The van der Waals surface area contributed by atoms with Gasteiger partial charge in [0.15, 0.2) is 6.29 Å². The highest BCUT2D eigenvalue weighted by Crippen LogP contribution is 2.35. The summed E-state index contributed by atoms with van der Waals surface area (Å²) >= 11 is 0. The van der Waals surface area contributed by atoms with Crippen molar-refractivity contribution < 1.29 is 9.53 Å². The van der Waals surface area contributed by atoms with Gasteiger partial charge in [0, 0.05) is 17.3 Å². The number of nitrogens with zero attached hydrogens (tertiary/aromatic N) is 1. The normalized spacial score (nSPS) is 12.3. The summed E-state index contributed by atoms with van der Waals surface area (Å²) < 4.78 is 7.72. The van der Waals surface area contributed by atoms with E-state index in [-0.39, 0.29) is 0 Å². The molecular formula is C21H23NO2. The summed E-state index contributed by atoms with van der Waals surface area (Å²) in [6.07, 6.45) is 3.90. The summed E-state index contributed by atoms with van der Waals surface area (Å²) in [7, 11) is 0. The molecule has 3 aromatic rings. The topological polar surface area (TPSA) is 30.7 Å². The van der Waals surface area contributed by atoms with Gasteiger partial charge in [0.25, 0.3) is 0 Å². The van der Waals surface area contributed by atoms with Gasteiger partial charge in [-0.3, -0.25) is 4.79 Å². The third kappa shape index (κ3) is 2.82. The molecule has 124 valence electrons. The molecule has 0 aliphatic rings. The van der Waals surface area contributed by atoms with Gasteiger partial charge in [0.05, 0.1) is 12.3 Å².